The van der Waals surface area contributed by atoms with Crippen LogP contribution >= 0.6 is 0 Å². The lowest BCUT2D eigenvalue weighted by Gasteiger charge is -2.27. The van der Waals surface area contributed by atoms with Crippen molar-refractivity contribution in [3.8, 4) is 0 Å². The zero-order chi connectivity index (χ0) is 13.0. The van der Waals surface area contributed by atoms with Crippen LogP contribution in [0.5, 0.6) is 0 Å². The summed E-state index contributed by atoms with van der Waals surface area (Å²) in [6.45, 7) is 4.56. The Bertz CT molecular complexity index is 399. The molecule has 6 nitrogen and oxygen atoms in total. The van der Waals surface area contributed by atoms with E-state index in [1.807, 2.05) is 13.1 Å². The van der Waals surface area contributed by atoms with Crippen molar-refractivity contribution in [3.05, 3.63) is 18.0 Å². The number of amides is 1. The van der Waals surface area contributed by atoms with Crippen molar-refractivity contribution in [1.82, 2.24) is 14.7 Å². The lowest BCUT2D eigenvalue weighted by atomic mass is 10.3. The molecular formula is C12H19N3O3. The SMILES string of the molecule is Cc1cnn(CC(=O)N(C)C[C@@H]2COCCO2)c1. The zero-order valence-electron chi connectivity index (χ0n) is 10.8. The fraction of sp³-hybridized carbons (Fsp3) is 0.667. The van der Waals surface area contributed by atoms with Gasteiger partial charge in [0.1, 0.15) is 6.54 Å². The normalized spacial score (nSPS) is 19.8. The molecule has 1 aliphatic heterocycles. The van der Waals surface area contributed by atoms with E-state index in [0.717, 1.165) is 5.56 Å². The molecule has 0 bridgehead atoms. The lowest BCUT2D eigenvalue weighted by molar-refractivity contribution is -0.137. The standard InChI is InChI=1S/C12H19N3O3/c1-10-5-13-15(6-10)8-12(16)14(2)7-11-9-17-3-4-18-11/h5-6,11H,3-4,7-9H2,1-2H3/t11-/m1/s1. The maximum Gasteiger partial charge on any atom is 0.244 e. The molecule has 1 fully saturated rings. The Morgan fingerprint density at radius 1 is 1.61 bits per heavy atom. The number of hydrogen-bond acceptors (Lipinski definition) is 4. The van der Waals surface area contributed by atoms with Crippen LogP contribution in [0.15, 0.2) is 12.4 Å². The van der Waals surface area contributed by atoms with Crippen molar-refractivity contribution in [2.45, 2.75) is 19.6 Å². The second kappa shape index (κ2) is 5.97. The Morgan fingerprint density at radius 3 is 3.06 bits per heavy atom. The van der Waals surface area contributed by atoms with E-state index in [1.165, 1.54) is 0 Å². The first kappa shape index (κ1) is 13.0. The Hall–Kier alpha value is -1.40. The first-order chi connectivity index (χ1) is 8.65. The molecule has 6 heteroatoms. The summed E-state index contributed by atoms with van der Waals surface area (Å²) in [5, 5.41) is 4.10. The third-order valence-corrected chi connectivity index (χ3v) is 2.85. The van der Waals surface area contributed by atoms with Gasteiger partial charge in [-0.1, -0.05) is 0 Å². The van der Waals surface area contributed by atoms with Crippen molar-refractivity contribution in [2.24, 2.45) is 0 Å². The van der Waals surface area contributed by atoms with Crippen LogP contribution in [0.4, 0.5) is 0 Å². The van der Waals surface area contributed by atoms with Crippen LogP contribution in [0.25, 0.3) is 0 Å². The summed E-state index contributed by atoms with van der Waals surface area (Å²) in [5.41, 5.74) is 1.05. The van der Waals surface area contributed by atoms with Crippen molar-refractivity contribution >= 4 is 5.91 Å². The highest BCUT2D eigenvalue weighted by molar-refractivity contribution is 5.75. The molecule has 0 radical (unpaired) electrons. The van der Waals surface area contributed by atoms with Gasteiger partial charge < -0.3 is 14.4 Å². The minimum absolute atomic E-state index is 0.0206. The monoisotopic (exact) mass is 253 g/mol. The van der Waals surface area contributed by atoms with Gasteiger partial charge in [-0.05, 0) is 12.5 Å². The molecule has 2 rings (SSSR count). The number of carbonyl (C=O) groups is 1. The Balaban J connectivity index is 1.80. The smallest absolute Gasteiger partial charge is 0.244 e. The van der Waals surface area contributed by atoms with Crippen molar-refractivity contribution in [3.63, 3.8) is 0 Å². The molecule has 1 amide bonds. The Labute approximate surface area is 106 Å². The predicted molar refractivity (Wildman–Crippen MR) is 65.2 cm³/mol. The van der Waals surface area contributed by atoms with Crippen LogP contribution in [-0.4, -0.2) is 60.1 Å². The molecule has 0 aromatic carbocycles. The van der Waals surface area contributed by atoms with Gasteiger partial charge in [0.25, 0.3) is 0 Å². The van der Waals surface area contributed by atoms with Crippen LogP contribution in [0.1, 0.15) is 5.56 Å². The fourth-order valence-electron chi connectivity index (χ4n) is 1.86. The zero-order valence-corrected chi connectivity index (χ0v) is 10.8. The van der Waals surface area contributed by atoms with E-state index in [-0.39, 0.29) is 18.6 Å². The fourth-order valence-corrected chi connectivity index (χ4v) is 1.86. The van der Waals surface area contributed by atoms with Gasteiger partial charge in [-0.15, -0.1) is 0 Å². The highest BCUT2D eigenvalue weighted by atomic mass is 16.6. The largest absolute Gasteiger partial charge is 0.376 e. The molecule has 0 N–H and O–H groups in total. The lowest BCUT2D eigenvalue weighted by Crippen LogP contribution is -2.41. The Morgan fingerprint density at radius 2 is 2.44 bits per heavy atom. The molecule has 1 aromatic heterocycles. The second-order valence-electron chi connectivity index (χ2n) is 4.56. The van der Waals surface area contributed by atoms with Gasteiger partial charge in [-0.3, -0.25) is 9.48 Å². The summed E-state index contributed by atoms with van der Waals surface area (Å²) in [5.74, 6) is 0.0206. The number of aryl methyl sites for hydroxylation is 1. The van der Waals surface area contributed by atoms with Crippen molar-refractivity contribution in [2.75, 3.05) is 33.4 Å². The van der Waals surface area contributed by atoms with Crippen LogP contribution in [-0.2, 0) is 20.8 Å². The molecule has 0 aliphatic carbocycles. The average Bonchev–Trinajstić information content (AvgIpc) is 2.76. The maximum absolute atomic E-state index is 12.0. The number of rotatable bonds is 4. The number of carbonyl (C=O) groups excluding carboxylic acids is 1. The first-order valence-corrected chi connectivity index (χ1v) is 6.07. The molecule has 0 spiro atoms. The minimum Gasteiger partial charge on any atom is -0.376 e. The van der Waals surface area contributed by atoms with E-state index in [2.05, 4.69) is 5.10 Å². The number of nitrogens with zero attached hydrogens (tertiary/aromatic N) is 3. The topological polar surface area (TPSA) is 56.6 Å². The summed E-state index contributed by atoms with van der Waals surface area (Å²) >= 11 is 0. The molecule has 1 atom stereocenters. The highest BCUT2D eigenvalue weighted by Crippen LogP contribution is 2.03. The van der Waals surface area contributed by atoms with Gasteiger partial charge in [0.05, 0.1) is 32.1 Å². The van der Waals surface area contributed by atoms with Gasteiger partial charge >= 0.3 is 0 Å². The first-order valence-electron chi connectivity index (χ1n) is 6.07. The predicted octanol–water partition coefficient (Wildman–Crippen LogP) is 0.0653. The van der Waals surface area contributed by atoms with Crippen LogP contribution < -0.4 is 0 Å². The van der Waals surface area contributed by atoms with Gasteiger partial charge in [0, 0.05) is 19.8 Å². The summed E-state index contributed by atoms with van der Waals surface area (Å²) in [4.78, 5) is 13.6. The van der Waals surface area contributed by atoms with Crippen molar-refractivity contribution < 1.29 is 14.3 Å². The molecule has 100 valence electrons. The highest BCUT2D eigenvalue weighted by Gasteiger charge is 2.19. The van der Waals surface area contributed by atoms with E-state index in [1.54, 1.807) is 22.8 Å². The van der Waals surface area contributed by atoms with Gasteiger partial charge in [-0.2, -0.15) is 5.10 Å². The molecule has 1 saturated heterocycles. The second-order valence-corrected chi connectivity index (χ2v) is 4.56. The maximum atomic E-state index is 12.0. The third kappa shape index (κ3) is 3.54. The average molecular weight is 253 g/mol. The van der Waals surface area contributed by atoms with E-state index < -0.39 is 0 Å². The van der Waals surface area contributed by atoms with Crippen molar-refractivity contribution in [1.29, 1.82) is 0 Å². The molecule has 18 heavy (non-hydrogen) atoms. The minimum atomic E-state index is -0.0212. The van der Waals surface area contributed by atoms with E-state index in [0.29, 0.717) is 26.4 Å². The van der Waals surface area contributed by atoms with Crippen LogP contribution in [0, 0.1) is 6.92 Å². The molecular weight excluding hydrogens is 234 g/mol. The Kier molecular flexibility index (Phi) is 4.33. The number of hydrogen-bond donors (Lipinski definition) is 0. The van der Waals surface area contributed by atoms with Gasteiger partial charge in [0.15, 0.2) is 0 Å². The van der Waals surface area contributed by atoms with E-state index >= 15 is 0 Å². The summed E-state index contributed by atoms with van der Waals surface area (Å²) in [6.07, 6.45) is 3.57. The van der Waals surface area contributed by atoms with E-state index in [4.69, 9.17) is 9.47 Å². The number of ether oxygens (including phenoxy) is 2. The molecule has 1 aromatic rings. The molecule has 0 saturated carbocycles. The van der Waals surface area contributed by atoms with E-state index in [9.17, 15) is 4.79 Å². The van der Waals surface area contributed by atoms with Gasteiger partial charge in [0.2, 0.25) is 5.91 Å². The number of likely N-dealkylation sites (N-methyl/N-ethyl adjacent to an activating group) is 1. The molecule has 2 heterocycles. The third-order valence-electron chi connectivity index (χ3n) is 2.85. The number of aromatic nitrogens is 2. The van der Waals surface area contributed by atoms with Crippen LogP contribution in [0.3, 0.4) is 0 Å². The summed E-state index contributed by atoms with van der Waals surface area (Å²) < 4.78 is 12.5. The molecule has 1 aliphatic rings. The quantitative estimate of drug-likeness (QED) is 0.761. The van der Waals surface area contributed by atoms with Crippen LogP contribution in [0.2, 0.25) is 0 Å². The summed E-state index contributed by atoms with van der Waals surface area (Å²) in [6, 6.07) is 0. The summed E-state index contributed by atoms with van der Waals surface area (Å²) in [7, 11) is 1.77. The molecule has 0 unspecified atom stereocenters. The van der Waals surface area contributed by atoms with Gasteiger partial charge in [-0.25, -0.2) is 0 Å².